The molecule has 0 aromatic heterocycles. The molecule has 2 amide bonds. The van der Waals surface area contributed by atoms with Gasteiger partial charge >= 0.3 is 0 Å². The number of nitriles is 1. The van der Waals surface area contributed by atoms with Gasteiger partial charge in [0.2, 0.25) is 5.91 Å². The number of hydrogen-bond acceptors (Lipinski definition) is 3. The van der Waals surface area contributed by atoms with Crippen LogP contribution in [0, 0.1) is 17.2 Å². The molecule has 1 aromatic rings. The van der Waals surface area contributed by atoms with Crippen LogP contribution >= 0.6 is 0 Å². The standard InChI is InChI=1S/C15H19N3O2/c1-10(2)9-17-14(19)11(3)18-15(20)13-6-4-12(8-16)5-7-13/h4-7,10-11H,9H2,1-3H3,(H,17,19)(H,18,20). The fourth-order valence-electron chi connectivity index (χ4n) is 1.50. The first-order valence-corrected chi connectivity index (χ1v) is 6.52. The lowest BCUT2D eigenvalue weighted by molar-refractivity contribution is -0.122. The number of hydrogen-bond donors (Lipinski definition) is 2. The van der Waals surface area contributed by atoms with Crippen LogP contribution in [0.3, 0.4) is 0 Å². The van der Waals surface area contributed by atoms with Crippen LogP contribution in [0.15, 0.2) is 24.3 Å². The van der Waals surface area contributed by atoms with Crippen LogP contribution < -0.4 is 10.6 Å². The van der Waals surface area contributed by atoms with Crippen LogP contribution in [0.4, 0.5) is 0 Å². The maximum absolute atomic E-state index is 11.9. The summed E-state index contributed by atoms with van der Waals surface area (Å²) in [5.74, 6) is -0.178. The molecule has 5 nitrogen and oxygen atoms in total. The molecular weight excluding hydrogens is 254 g/mol. The van der Waals surface area contributed by atoms with Crippen LogP contribution in [0.5, 0.6) is 0 Å². The molecule has 0 heterocycles. The Morgan fingerprint density at radius 1 is 1.20 bits per heavy atom. The number of nitrogens with zero attached hydrogens (tertiary/aromatic N) is 1. The quantitative estimate of drug-likeness (QED) is 0.851. The topological polar surface area (TPSA) is 82.0 Å². The van der Waals surface area contributed by atoms with Crippen molar-refractivity contribution in [3.63, 3.8) is 0 Å². The van der Waals surface area contributed by atoms with E-state index in [0.29, 0.717) is 23.6 Å². The van der Waals surface area contributed by atoms with Crippen molar-refractivity contribution in [2.75, 3.05) is 6.54 Å². The first-order chi connectivity index (χ1) is 9.43. The fourth-order valence-corrected chi connectivity index (χ4v) is 1.50. The predicted molar refractivity (Wildman–Crippen MR) is 75.9 cm³/mol. The van der Waals surface area contributed by atoms with Crippen molar-refractivity contribution in [2.24, 2.45) is 5.92 Å². The Bertz CT molecular complexity index is 515. The van der Waals surface area contributed by atoms with Crippen molar-refractivity contribution in [3.05, 3.63) is 35.4 Å². The van der Waals surface area contributed by atoms with E-state index in [1.807, 2.05) is 19.9 Å². The maximum Gasteiger partial charge on any atom is 0.251 e. The maximum atomic E-state index is 11.9. The number of carbonyl (C=O) groups is 2. The molecule has 1 aromatic carbocycles. The van der Waals surface area contributed by atoms with Crippen LogP contribution in [0.25, 0.3) is 0 Å². The van der Waals surface area contributed by atoms with Gasteiger partial charge in [0.1, 0.15) is 6.04 Å². The SMILES string of the molecule is CC(C)CNC(=O)C(C)NC(=O)c1ccc(C#N)cc1. The second kappa shape index (κ2) is 7.29. The van der Waals surface area contributed by atoms with Crippen LogP contribution in [-0.2, 0) is 4.79 Å². The molecule has 0 bridgehead atoms. The second-order valence-corrected chi connectivity index (χ2v) is 5.02. The monoisotopic (exact) mass is 273 g/mol. The molecule has 0 fully saturated rings. The first kappa shape index (κ1) is 15.7. The van der Waals surface area contributed by atoms with Crippen molar-refractivity contribution in [1.29, 1.82) is 5.26 Å². The fraction of sp³-hybridized carbons (Fsp3) is 0.400. The minimum absolute atomic E-state index is 0.208. The summed E-state index contributed by atoms with van der Waals surface area (Å²) in [5, 5.41) is 14.1. The van der Waals surface area contributed by atoms with E-state index in [-0.39, 0.29) is 11.8 Å². The molecule has 20 heavy (non-hydrogen) atoms. The average Bonchev–Trinajstić information content (AvgIpc) is 2.44. The molecule has 0 saturated carbocycles. The van der Waals surface area contributed by atoms with E-state index >= 15 is 0 Å². The summed E-state index contributed by atoms with van der Waals surface area (Å²) in [4.78, 5) is 23.7. The van der Waals surface area contributed by atoms with Gasteiger partial charge < -0.3 is 10.6 Å². The molecule has 1 atom stereocenters. The highest BCUT2D eigenvalue weighted by Gasteiger charge is 2.16. The molecule has 2 N–H and O–H groups in total. The Kier molecular flexibility index (Phi) is 5.73. The van der Waals surface area contributed by atoms with Gasteiger partial charge in [-0.15, -0.1) is 0 Å². The summed E-state index contributed by atoms with van der Waals surface area (Å²) in [6.07, 6.45) is 0. The number of nitrogens with one attached hydrogen (secondary N) is 2. The Hall–Kier alpha value is -2.35. The van der Waals surface area contributed by atoms with Crippen molar-refractivity contribution in [2.45, 2.75) is 26.8 Å². The molecule has 0 aliphatic heterocycles. The molecule has 1 unspecified atom stereocenters. The third-order valence-corrected chi connectivity index (χ3v) is 2.70. The normalized spacial score (nSPS) is 11.6. The predicted octanol–water partition coefficient (Wildman–Crippen LogP) is 1.45. The van der Waals surface area contributed by atoms with Crippen molar-refractivity contribution < 1.29 is 9.59 Å². The number of carbonyl (C=O) groups excluding carboxylic acids is 2. The largest absolute Gasteiger partial charge is 0.354 e. The van der Waals surface area contributed by atoms with Crippen molar-refractivity contribution in [1.82, 2.24) is 10.6 Å². The highest BCUT2D eigenvalue weighted by Crippen LogP contribution is 2.03. The molecule has 0 aliphatic rings. The van der Waals surface area contributed by atoms with Gasteiger partial charge in [0.15, 0.2) is 0 Å². The van der Waals surface area contributed by atoms with Gasteiger partial charge in [-0.3, -0.25) is 9.59 Å². The van der Waals surface area contributed by atoms with Crippen LogP contribution in [0.1, 0.15) is 36.7 Å². The van der Waals surface area contributed by atoms with E-state index in [0.717, 1.165) is 0 Å². The first-order valence-electron chi connectivity index (χ1n) is 6.52. The number of amides is 2. The summed E-state index contributed by atoms with van der Waals surface area (Å²) in [6.45, 7) is 6.22. The second-order valence-electron chi connectivity index (χ2n) is 5.02. The lowest BCUT2D eigenvalue weighted by Gasteiger charge is -2.15. The van der Waals surface area contributed by atoms with Crippen molar-refractivity contribution in [3.8, 4) is 6.07 Å². The zero-order valence-electron chi connectivity index (χ0n) is 11.9. The molecule has 106 valence electrons. The van der Waals surface area contributed by atoms with E-state index in [4.69, 9.17) is 5.26 Å². The lowest BCUT2D eigenvalue weighted by Crippen LogP contribution is -2.45. The van der Waals surface area contributed by atoms with Crippen LogP contribution in [-0.4, -0.2) is 24.4 Å². The molecule has 0 saturated heterocycles. The third-order valence-electron chi connectivity index (χ3n) is 2.70. The lowest BCUT2D eigenvalue weighted by atomic mass is 10.1. The molecule has 0 aliphatic carbocycles. The summed E-state index contributed by atoms with van der Waals surface area (Å²) in [6, 6.07) is 7.64. The Morgan fingerprint density at radius 3 is 2.30 bits per heavy atom. The summed E-state index contributed by atoms with van der Waals surface area (Å²) in [7, 11) is 0. The zero-order valence-corrected chi connectivity index (χ0v) is 11.9. The van der Waals surface area contributed by atoms with E-state index < -0.39 is 6.04 Å². The van der Waals surface area contributed by atoms with E-state index in [1.54, 1.807) is 31.2 Å². The minimum Gasteiger partial charge on any atom is -0.354 e. The summed E-state index contributed by atoms with van der Waals surface area (Å²) >= 11 is 0. The molecular formula is C15H19N3O2. The molecule has 1 rings (SSSR count). The zero-order chi connectivity index (χ0) is 15.1. The van der Waals surface area contributed by atoms with E-state index in [1.165, 1.54) is 0 Å². The number of rotatable bonds is 5. The third kappa shape index (κ3) is 4.73. The summed E-state index contributed by atoms with van der Waals surface area (Å²) in [5.41, 5.74) is 0.914. The highest BCUT2D eigenvalue weighted by molar-refractivity contribution is 5.97. The van der Waals surface area contributed by atoms with Crippen molar-refractivity contribution >= 4 is 11.8 Å². The van der Waals surface area contributed by atoms with Gasteiger partial charge in [-0.1, -0.05) is 13.8 Å². The number of benzene rings is 1. The van der Waals surface area contributed by atoms with Gasteiger partial charge in [0, 0.05) is 12.1 Å². The van der Waals surface area contributed by atoms with Gasteiger partial charge in [-0.2, -0.15) is 5.26 Å². The van der Waals surface area contributed by atoms with Crippen LogP contribution in [0.2, 0.25) is 0 Å². The minimum atomic E-state index is -0.600. The molecule has 0 radical (unpaired) electrons. The van der Waals surface area contributed by atoms with E-state index in [2.05, 4.69) is 10.6 Å². The molecule has 5 heteroatoms. The Labute approximate surface area is 119 Å². The van der Waals surface area contributed by atoms with E-state index in [9.17, 15) is 9.59 Å². The highest BCUT2D eigenvalue weighted by atomic mass is 16.2. The summed E-state index contributed by atoms with van der Waals surface area (Å²) < 4.78 is 0. The van der Waals surface area contributed by atoms with Gasteiger partial charge in [0.25, 0.3) is 5.91 Å². The Morgan fingerprint density at radius 2 is 1.80 bits per heavy atom. The van der Waals surface area contributed by atoms with Gasteiger partial charge in [-0.05, 0) is 37.1 Å². The Balaban J connectivity index is 2.56. The average molecular weight is 273 g/mol. The van der Waals surface area contributed by atoms with Gasteiger partial charge in [-0.25, -0.2) is 0 Å². The van der Waals surface area contributed by atoms with Gasteiger partial charge in [0.05, 0.1) is 11.6 Å². The smallest absolute Gasteiger partial charge is 0.251 e. The molecule has 0 spiro atoms.